The summed E-state index contributed by atoms with van der Waals surface area (Å²) in [6, 6.07) is 4.00. The molecule has 18 heavy (non-hydrogen) atoms. The van der Waals surface area contributed by atoms with Crippen LogP contribution in [-0.2, 0) is 19.6 Å². The number of rotatable bonds is 3. The molecule has 0 bridgehead atoms. The highest BCUT2D eigenvalue weighted by Gasteiger charge is 2.18. The molecule has 1 aliphatic rings. The third-order valence-corrected chi connectivity index (χ3v) is 3.03. The van der Waals surface area contributed by atoms with Crippen LogP contribution in [0.25, 0.3) is 0 Å². The van der Waals surface area contributed by atoms with Crippen molar-refractivity contribution in [3.05, 3.63) is 30.0 Å². The van der Waals surface area contributed by atoms with Crippen LogP contribution in [0, 0.1) is 0 Å². The lowest BCUT2D eigenvalue weighted by atomic mass is 10.3. The average molecular weight is 245 g/mol. The van der Waals surface area contributed by atoms with Crippen molar-refractivity contribution in [3.63, 3.8) is 0 Å². The molecule has 7 heteroatoms. The average Bonchev–Trinajstić information content (AvgIpc) is 2.87. The van der Waals surface area contributed by atoms with Crippen LogP contribution >= 0.6 is 0 Å². The molecule has 94 valence electrons. The fourth-order valence-corrected chi connectivity index (χ4v) is 2.06. The van der Waals surface area contributed by atoms with Gasteiger partial charge in [-0.3, -0.25) is 0 Å². The molecule has 0 fully saturated rings. The molecule has 2 aromatic rings. The zero-order valence-electron chi connectivity index (χ0n) is 10.2. The van der Waals surface area contributed by atoms with Gasteiger partial charge in [0.05, 0.1) is 12.2 Å². The first-order valence-corrected chi connectivity index (χ1v) is 5.95. The van der Waals surface area contributed by atoms with Crippen LogP contribution in [0.3, 0.4) is 0 Å². The molecule has 0 saturated heterocycles. The number of fused-ring (bicyclic) bond motifs is 1. The van der Waals surface area contributed by atoms with Gasteiger partial charge in [0.1, 0.15) is 6.33 Å². The maximum absolute atomic E-state index is 4.26. The summed E-state index contributed by atoms with van der Waals surface area (Å²) >= 11 is 0. The van der Waals surface area contributed by atoms with Gasteiger partial charge in [0, 0.05) is 19.6 Å². The molecule has 0 aromatic carbocycles. The quantitative estimate of drug-likeness (QED) is 0.808. The topological polar surface area (TPSA) is 71.8 Å². The fraction of sp³-hybridized carbons (Fsp3) is 0.455. The van der Waals surface area contributed by atoms with Gasteiger partial charge in [-0.1, -0.05) is 0 Å². The van der Waals surface area contributed by atoms with Gasteiger partial charge in [0.25, 0.3) is 0 Å². The highest BCUT2D eigenvalue weighted by Crippen LogP contribution is 2.16. The maximum Gasteiger partial charge on any atom is 0.152 e. The van der Waals surface area contributed by atoms with E-state index in [0.717, 1.165) is 43.5 Å². The van der Waals surface area contributed by atoms with Gasteiger partial charge in [0.15, 0.2) is 11.6 Å². The van der Waals surface area contributed by atoms with E-state index in [2.05, 4.69) is 35.2 Å². The third kappa shape index (κ3) is 2.04. The molecule has 0 radical (unpaired) electrons. The molecular weight excluding hydrogens is 230 g/mol. The molecule has 0 unspecified atom stereocenters. The lowest BCUT2D eigenvalue weighted by molar-refractivity contribution is 0.553. The molecular formula is C11H15N7. The maximum atomic E-state index is 4.26. The van der Waals surface area contributed by atoms with Gasteiger partial charge >= 0.3 is 0 Å². The summed E-state index contributed by atoms with van der Waals surface area (Å²) in [7, 11) is 1.90. The number of hydrogen-bond acceptors (Lipinski definition) is 6. The van der Waals surface area contributed by atoms with Crippen LogP contribution in [0.15, 0.2) is 18.5 Å². The van der Waals surface area contributed by atoms with E-state index in [0.29, 0.717) is 0 Å². The van der Waals surface area contributed by atoms with Crippen LogP contribution in [0.5, 0.6) is 0 Å². The van der Waals surface area contributed by atoms with E-state index in [-0.39, 0.29) is 0 Å². The Kier molecular flexibility index (Phi) is 2.89. The van der Waals surface area contributed by atoms with Gasteiger partial charge < -0.3 is 14.8 Å². The number of hydrogen-bond donors (Lipinski definition) is 1. The zero-order chi connectivity index (χ0) is 12.4. The summed E-state index contributed by atoms with van der Waals surface area (Å²) in [6.45, 7) is 3.27. The molecule has 7 nitrogen and oxygen atoms in total. The van der Waals surface area contributed by atoms with Gasteiger partial charge in [-0.2, -0.15) is 5.10 Å². The lowest BCUT2D eigenvalue weighted by Gasteiger charge is -2.27. The summed E-state index contributed by atoms with van der Waals surface area (Å²) in [5.41, 5.74) is 0.946. The Bertz CT molecular complexity index is 518. The van der Waals surface area contributed by atoms with Crippen molar-refractivity contribution < 1.29 is 0 Å². The monoisotopic (exact) mass is 245 g/mol. The molecule has 1 aliphatic heterocycles. The van der Waals surface area contributed by atoms with E-state index in [4.69, 9.17) is 0 Å². The first kappa shape index (κ1) is 11.1. The molecule has 0 amide bonds. The minimum atomic E-state index is 0.736. The summed E-state index contributed by atoms with van der Waals surface area (Å²) < 4.78 is 2.07. The van der Waals surface area contributed by atoms with Crippen molar-refractivity contribution in [1.82, 2.24) is 30.3 Å². The first-order valence-electron chi connectivity index (χ1n) is 5.95. The molecule has 1 N–H and O–H groups in total. The van der Waals surface area contributed by atoms with E-state index < -0.39 is 0 Å². The fourth-order valence-electron chi connectivity index (χ4n) is 2.06. The third-order valence-electron chi connectivity index (χ3n) is 3.03. The predicted molar refractivity (Wildman–Crippen MR) is 65.9 cm³/mol. The SMILES string of the molecule is CNCc1ccc(N2CCn3cnnc3C2)nn1. The first-order chi connectivity index (χ1) is 8.86. The van der Waals surface area contributed by atoms with Crippen molar-refractivity contribution in [2.24, 2.45) is 0 Å². The number of nitrogens with zero attached hydrogens (tertiary/aromatic N) is 6. The van der Waals surface area contributed by atoms with E-state index in [1.807, 2.05) is 19.2 Å². The Hall–Kier alpha value is -2.02. The van der Waals surface area contributed by atoms with Gasteiger partial charge in [-0.05, 0) is 19.2 Å². The largest absolute Gasteiger partial charge is 0.346 e. The lowest BCUT2D eigenvalue weighted by Crippen LogP contribution is -2.34. The van der Waals surface area contributed by atoms with Crippen LogP contribution in [-0.4, -0.2) is 38.6 Å². The number of aromatic nitrogens is 5. The van der Waals surface area contributed by atoms with Crippen LogP contribution < -0.4 is 10.2 Å². The Balaban J connectivity index is 1.76. The molecule has 3 heterocycles. The minimum absolute atomic E-state index is 0.736. The highest BCUT2D eigenvalue weighted by molar-refractivity contribution is 5.38. The van der Waals surface area contributed by atoms with Crippen LogP contribution in [0.4, 0.5) is 5.82 Å². The second-order valence-corrected chi connectivity index (χ2v) is 4.28. The second-order valence-electron chi connectivity index (χ2n) is 4.28. The van der Waals surface area contributed by atoms with E-state index in [9.17, 15) is 0 Å². The van der Waals surface area contributed by atoms with Crippen LogP contribution in [0.2, 0.25) is 0 Å². The van der Waals surface area contributed by atoms with Crippen LogP contribution in [0.1, 0.15) is 11.5 Å². The highest BCUT2D eigenvalue weighted by atomic mass is 15.3. The smallest absolute Gasteiger partial charge is 0.152 e. The Labute approximate surface area is 105 Å². The predicted octanol–water partition coefficient (Wildman–Crippen LogP) is -0.192. The molecule has 2 aromatic heterocycles. The zero-order valence-corrected chi connectivity index (χ0v) is 10.2. The Morgan fingerprint density at radius 1 is 1.22 bits per heavy atom. The van der Waals surface area contributed by atoms with Crippen molar-refractivity contribution in [1.29, 1.82) is 0 Å². The van der Waals surface area contributed by atoms with E-state index in [1.54, 1.807) is 6.33 Å². The Morgan fingerprint density at radius 2 is 2.17 bits per heavy atom. The molecule has 0 atom stereocenters. The standard InChI is InChI=1S/C11H15N7/c1-12-6-9-2-3-10(16-14-9)17-4-5-18-8-13-15-11(18)7-17/h2-3,8,12H,4-7H2,1H3. The van der Waals surface area contributed by atoms with Gasteiger partial charge in [-0.25, -0.2) is 0 Å². The van der Waals surface area contributed by atoms with Crippen molar-refractivity contribution >= 4 is 5.82 Å². The second kappa shape index (κ2) is 4.69. The summed E-state index contributed by atoms with van der Waals surface area (Å²) in [5.74, 6) is 1.87. The minimum Gasteiger partial charge on any atom is -0.346 e. The molecule has 0 aliphatic carbocycles. The van der Waals surface area contributed by atoms with Gasteiger partial charge in [-0.15, -0.1) is 15.3 Å². The van der Waals surface area contributed by atoms with E-state index >= 15 is 0 Å². The van der Waals surface area contributed by atoms with E-state index in [1.165, 1.54) is 0 Å². The van der Waals surface area contributed by atoms with Crippen molar-refractivity contribution in [3.8, 4) is 0 Å². The normalized spacial score (nSPS) is 14.6. The summed E-state index contributed by atoms with van der Waals surface area (Å²) in [5, 5.41) is 19.5. The molecule has 3 rings (SSSR count). The Morgan fingerprint density at radius 3 is 2.94 bits per heavy atom. The molecule has 0 saturated carbocycles. The summed E-state index contributed by atoms with van der Waals surface area (Å²) in [4.78, 5) is 2.17. The van der Waals surface area contributed by atoms with Crippen molar-refractivity contribution in [2.45, 2.75) is 19.6 Å². The number of anilines is 1. The van der Waals surface area contributed by atoms with Crippen molar-refractivity contribution in [2.75, 3.05) is 18.5 Å². The van der Waals surface area contributed by atoms with Gasteiger partial charge in [0.2, 0.25) is 0 Å². The summed E-state index contributed by atoms with van der Waals surface area (Å²) in [6.07, 6.45) is 1.77. The number of nitrogens with one attached hydrogen (secondary N) is 1. The molecule has 0 spiro atoms.